The van der Waals surface area contributed by atoms with Crippen LogP contribution in [0.3, 0.4) is 0 Å². The van der Waals surface area contributed by atoms with Crippen LogP contribution in [-0.4, -0.2) is 63.6 Å². The summed E-state index contributed by atoms with van der Waals surface area (Å²) in [6.07, 6.45) is 8.45. The van der Waals surface area contributed by atoms with Crippen molar-refractivity contribution in [2.24, 2.45) is 5.73 Å². The van der Waals surface area contributed by atoms with E-state index in [9.17, 15) is 4.79 Å². The summed E-state index contributed by atoms with van der Waals surface area (Å²) >= 11 is 0. The number of nitrogens with zero attached hydrogens (tertiary/aromatic N) is 6. The maximum absolute atomic E-state index is 13.2. The molecule has 11 nitrogen and oxygen atoms in total. The predicted molar refractivity (Wildman–Crippen MR) is 124 cm³/mol. The van der Waals surface area contributed by atoms with E-state index in [0.717, 1.165) is 54.5 Å². The van der Waals surface area contributed by atoms with Crippen LogP contribution in [0, 0.1) is 16.7 Å². The zero-order valence-corrected chi connectivity index (χ0v) is 18.2. The lowest BCUT2D eigenvalue weighted by Gasteiger charge is -2.36. The molecular weight excluding hydrogens is 420 g/mol. The lowest BCUT2D eigenvalue weighted by atomic mass is 10.1. The minimum Gasteiger partial charge on any atom is -0.388 e. The van der Waals surface area contributed by atoms with Gasteiger partial charge in [-0.2, -0.15) is 10.4 Å². The quantitative estimate of drug-likeness (QED) is 0.351. The number of pyridine rings is 1. The van der Waals surface area contributed by atoms with Gasteiger partial charge in [-0.05, 0) is 32.0 Å². The van der Waals surface area contributed by atoms with Crippen LogP contribution in [0.5, 0.6) is 0 Å². The molecule has 0 aromatic carbocycles. The molecule has 3 aromatic heterocycles. The second-order valence-corrected chi connectivity index (χ2v) is 8.28. The number of carbonyl (C=O) groups excluding carboxylic acids is 1. The Balaban J connectivity index is 1.53. The van der Waals surface area contributed by atoms with E-state index in [-0.39, 0.29) is 24.0 Å². The van der Waals surface area contributed by atoms with E-state index in [2.05, 4.69) is 26.6 Å². The van der Waals surface area contributed by atoms with Crippen molar-refractivity contribution in [1.82, 2.24) is 30.0 Å². The molecule has 11 heteroatoms. The van der Waals surface area contributed by atoms with Gasteiger partial charge in [0.05, 0.1) is 41.5 Å². The number of rotatable bonds is 4. The second-order valence-electron chi connectivity index (χ2n) is 8.28. The molecule has 0 radical (unpaired) electrons. The highest BCUT2D eigenvalue weighted by molar-refractivity contribution is 6.11. The van der Waals surface area contributed by atoms with Crippen LogP contribution in [0.15, 0.2) is 36.1 Å². The first-order chi connectivity index (χ1) is 16.0. The summed E-state index contributed by atoms with van der Waals surface area (Å²) in [5.41, 5.74) is 9.25. The molecule has 0 bridgehead atoms. The van der Waals surface area contributed by atoms with E-state index in [0.29, 0.717) is 17.3 Å². The van der Waals surface area contributed by atoms with Crippen molar-refractivity contribution in [2.45, 2.75) is 18.9 Å². The zero-order chi connectivity index (χ0) is 23.1. The number of amides is 1. The minimum atomic E-state index is -0.351. The van der Waals surface area contributed by atoms with Gasteiger partial charge in [0.25, 0.3) is 5.91 Å². The number of hydrogen-bond acceptors (Lipinski definition) is 8. The van der Waals surface area contributed by atoms with Crippen LogP contribution in [0.2, 0.25) is 0 Å². The fraction of sp³-hybridized carbons (Fsp3) is 0.318. The number of nitrogens with one attached hydrogen (secondary N) is 3. The fourth-order valence-corrected chi connectivity index (χ4v) is 4.57. The van der Waals surface area contributed by atoms with Crippen LogP contribution in [0.4, 0.5) is 5.69 Å². The molecule has 3 aromatic rings. The molecule has 1 amide bonds. The van der Waals surface area contributed by atoms with E-state index < -0.39 is 0 Å². The Morgan fingerprint density at radius 2 is 2.15 bits per heavy atom. The first-order valence-corrected chi connectivity index (χ1v) is 10.7. The van der Waals surface area contributed by atoms with Crippen LogP contribution in [0.25, 0.3) is 22.3 Å². The summed E-state index contributed by atoms with van der Waals surface area (Å²) in [5.74, 6) is -0.351. The zero-order valence-electron chi connectivity index (χ0n) is 18.2. The molecule has 0 unspecified atom stereocenters. The largest absolute Gasteiger partial charge is 0.388 e. The van der Waals surface area contributed by atoms with Crippen LogP contribution in [-0.2, 0) is 0 Å². The molecule has 1 saturated heterocycles. The van der Waals surface area contributed by atoms with Crippen LogP contribution < -0.4 is 16.0 Å². The summed E-state index contributed by atoms with van der Waals surface area (Å²) in [6, 6.07) is 4.19. The molecule has 2 aliphatic rings. The van der Waals surface area contributed by atoms with Crippen molar-refractivity contribution in [3.8, 4) is 17.3 Å². The molecule has 0 atom stereocenters. The van der Waals surface area contributed by atoms with Crippen LogP contribution in [0.1, 0.15) is 29.2 Å². The Morgan fingerprint density at radius 1 is 1.36 bits per heavy atom. The lowest BCUT2D eigenvalue weighted by Crippen LogP contribution is -2.45. The van der Waals surface area contributed by atoms with Gasteiger partial charge in [-0.3, -0.25) is 14.4 Å². The van der Waals surface area contributed by atoms with E-state index in [1.54, 1.807) is 0 Å². The Morgan fingerprint density at radius 3 is 2.88 bits per heavy atom. The van der Waals surface area contributed by atoms with Crippen molar-refractivity contribution in [3.05, 3.63) is 41.6 Å². The smallest absolute Gasteiger partial charge is 0.263 e. The maximum atomic E-state index is 13.2. The third-order valence-electron chi connectivity index (χ3n) is 6.26. The van der Waals surface area contributed by atoms with E-state index >= 15 is 0 Å². The third kappa shape index (κ3) is 3.41. The normalized spacial score (nSPS) is 17.6. The highest BCUT2D eigenvalue weighted by Gasteiger charge is 2.32. The van der Waals surface area contributed by atoms with E-state index in [1.165, 1.54) is 11.1 Å². The Labute approximate surface area is 190 Å². The van der Waals surface area contributed by atoms with Gasteiger partial charge in [0, 0.05) is 36.6 Å². The molecule has 5 rings (SSSR count). The standard InChI is InChI=1S/C22H24N10O/c1-30-12-31(19(8-24)17(25)7-23)22(33)16-10-27-21-15(20(16)30)6-18(29-21)13-9-28-32(11-13)14-2-4-26-5-3-14/h6,8-11,14,24,26H,2-5,12,25H2,1H3,(H,27,29)/b19-17+,24-8?. The second kappa shape index (κ2) is 8.07. The number of piperidine rings is 1. The maximum Gasteiger partial charge on any atom is 0.263 e. The first-order valence-electron chi connectivity index (χ1n) is 10.7. The number of anilines is 1. The molecule has 5 heterocycles. The van der Waals surface area contributed by atoms with Crippen LogP contribution >= 0.6 is 0 Å². The van der Waals surface area contributed by atoms with Crippen molar-refractivity contribution in [3.63, 3.8) is 0 Å². The first kappa shape index (κ1) is 20.7. The molecule has 33 heavy (non-hydrogen) atoms. The number of allylic oxidation sites excluding steroid dienone is 2. The monoisotopic (exact) mass is 444 g/mol. The van der Waals surface area contributed by atoms with Crippen molar-refractivity contribution < 1.29 is 4.79 Å². The van der Waals surface area contributed by atoms with Gasteiger partial charge in [0.2, 0.25) is 0 Å². The van der Waals surface area contributed by atoms with Crippen molar-refractivity contribution >= 4 is 28.8 Å². The molecule has 0 spiro atoms. The average Bonchev–Trinajstić information content (AvgIpc) is 3.50. The van der Waals surface area contributed by atoms with Gasteiger partial charge in [0.1, 0.15) is 17.4 Å². The number of hydrogen-bond donors (Lipinski definition) is 4. The van der Waals surface area contributed by atoms with Crippen molar-refractivity contribution in [2.75, 3.05) is 31.7 Å². The Hall–Kier alpha value is -4.17. The molecule has 1 fully saturated rings. The number of carbonyl (C=O) groups is 1. The fourth-order valence-electron chi connectivity index (χ4n) is 4.57. The Kier molecular flexibility index (Phi) is 5.07. The van der Waals surface area contributed by atoms with Gasteiger partial charge in [-0.15, -0.1) is 0 Å². The highest BCUT2D eigenvalue weighted by Crippen LogP contribution is 2.36. The van der Waals surface area contributed by atoms with Gasteiger partial charge in [0.15, 0.2) is 0 Å². The van der Waals surface area contributed by atoms with Crippen molar-refractivity contribution in [1.29, 1.82) is 10.7 Å². The number of nitriles is 1. The highest BCUT2D eigenvalue weighted by atomic mass is 16.2. The van der Waals surface area contributed by atoms with Gasteiger partial charge in [-0.1, -0.05) is 0 Å². The SMILES string of the molecule is CN1CN(/C(C=N)=C(/N)C#N)C(=O)c2cnc3[nH]c(-c4cnn(C5CCNCC5)c4)cc3c21. The summed E-state index contributed by atoms with van der Waals surface area (Å²) in [7, 11) is 1.85. The predicted octanol–water partition coefficient (Wildman–Crippen LogP) is 1.54. The Bertz CT molecular complexity index is 1320. The number of aromatic amines is 1. The topological polar surface area (TPSA) is 156 Å². The number of fused-ring (bicyclic) bond motifs is 3. The molecule has 0 aliphatic carbocycles. The van der Waals surface area contributed by atoms with Gasteiger partial charge < -0.3 is 26.3 Å². The summed E-state index contributed by atoms with van der Waals surface area (Å²) in [6.45, 7) is 2.15. The average molecular weight is 445 g/mol. The third-order valence-corrected chi connectivity index (χ3v) is 6.26. The molecule has 2 aliphatic heterocycles. The van der Waals surface area contributed by atoms with E-state index in [4.69, 9.17) is 16.4 Å². The van der Waals surface area contributed by atoms with Gasteiger partial charge in [-0.25, -0.2) is 4.98 Å². The molecular formula is C22H24N10O. The minimum absolute atomic E-state index is 0.0696. The number of H-pyrrole nitrogens is 1. The van der Waals surface area contributed by atoms with Gasteiger partial charge >= 0.3 is 0 Å². The molecule has 0 saturated carbocycles. The van der Waals surface area contributed by atoms with E-state index in [1.807, 2.05) is 35.0 Å². The number of nitrogens with two attached hydrogens (primary N) is 1. The summed E-state index contributed by atoms with van der Waals surface area (Å²) < 4.78 is 2.03. The lowest BCUT2D eigenvalue weighted by molar-refractivity contribution is 0.0803. The summed E-state index contributed by atoms with van der Waals surface area (Å²) in [5, 5.41) is 25.5. The molecule has 168 valence electrons. The molecule has 5 N–H and O–H groups in total. The number of aromatic nitrogens is 4. The summed E-state index contributed by atoms with van der Waals surface area (Å²) in [4.78, 5) is 24.2.